The number of hydrogen-bond donors (Lipinski definition) is 2. The van der Waals surface area contributed by atoms with Crippen LogP contribution in [-0.4, -0.2) is 28.5 Å². The molecule has 1 saturated carbocycles. The van der Waals surface area contributed by atoms with Crippen LogP contribution in [0.5, 0.6) is 0 Å². The lowest BCUT2D eigenvalue weighted by Gasteiger charge is -2.32. The number of halogens is 1. The minimum absolute atomic E-state index is 0.0324. The van der Waals surface area contributed by atoms with E-state index in [1.165, 1.54) is 6.42 Å². The van der Waals surface area contributed by atoms with Crippen LogP contribution >= 0.6 is 11.6 Å². The summed E-state index contributed by atoms with van der Waals surface area (Å²) in [7, 11) is 0. The number of aliphatic hydroxyl groups is 1. The highest BCUT2D eigenvalue weighted by Gasteiger charge is 2.52. The summed E-state index contributed by atoms with van der Waals surface area (Å²) < 4.78 is 10.9. The summed E-state index contributed by atoms with van der Waals surface area (Å²) in [6.07, 6.45) is 4.79. The maximum atomic E-state index is 9.78. The second-order valence-electron chi connectivity index (χ2n) is 3.96. The molecule has 1 spiro atoms. The second kappa shape index (κ2) is 3.45. The number of hydrogen-bond acceptors (Lipinski definition) is 4. The Hall–Kier alpha value is -0.160. The summed E-state index contributed by atoms with van der Waals surface area (Å²) in [5.41, 5.74) is 0. The van der Waals surface area contributed by atoms with Crippen LogP contribution in [0.2, 0.25) is 0 Å². The summed E-state index contributed by atoms with van der Waals surface area (Å²) in [6, 6.07) is 0. The molecule has 0 aromatic rings. The Morgan fingerprint density at radius 1 is 1.29 bits per heavy atom. The van der Waals surface area contributed by atoms with Crippen molar-refractivity contribution < 1.29 is 14.6 Å². The molecule has 0 bridgehead atoms. The Labute approximate surface area is 87.7 Å². The summed E-state index contributed by atoms with van der Waals surface area (Å²) >= 11 is 5.46. The SMILES string of the molecule is N=C(Cl)C1(O)COC2(CCCCC2)O1. The summed E-state index contributed by atoms with van der Waals surface area (Å²) in [4.78, 5) is 0. The van der Waals surface area contributed by atoms with E-state index in [0.29, 0.717) is 0 Å². The zero-order valence-electron chi connectivity index (χ0n) is 7.88. The predicted octanol–water partition coefficient (Wildman–Crippen LogP) is 1.60. The first-order valence-electron chi connectivity index (χ1n) is 4.87. The molecule has 0 radical (unpaired) electrons. The third-order valence-corrected chi connectivity index (χ3v) is 3.14. The topological polar surface area (TPSA) is 62.5 Å². The molecular formula is C9H14ClNO3. The van der Waals surface area contributed by atoms with Crippen molar-refractivity contribution in [1.29, 1.82) is 5.41 Å². The second-order valence-corrected chi connectivity index (χ2v) is 4.34. The van der Waals surface area contributed by atoms with Gasteiger partial charge in [-0.15, -0.1) is 0 Å². The molecule has 0 amide bonds. The Balaban J connectivity index is 2.09. The lowest BCUT2D eigenvalue weighted by Crippen LogP contribution is -2.41. The van der Waals surface area contributed by atoms with Gasteiger partial charge in [0, 0.05) is 12.8 Å². The molecule has 1 aliphatic heterocycles. The van der Waals surface area contributed by atoms with Gasteiger partial charge in [-0.2, -0.15) is 0 Å². The molecule has 0 aromatic heterocycles. The maximum Gasteiger partial charge on any atom is 0.247 e. The molecule has 4 nitrogen and oxygen atoms in total. The van der Waals surface area contributed by atoms with Crippen molar-refractivity contribution in [2.75, 3.05) is 6.61 Å². The lowest BCUT2D eigenvalue weighted by molar-refractivity contribution is -0.231. The predicted molar refractivity (Wildman–Crippen MR) is 51.4 cm³/mol. The maximum absolute atomic E-state index is 9.78. The zero-order chi connectivity index (χ0) is 10.2. The van der Waals surface area contributed by atoms with E-state index in [2.05, 4.69) is 0 Å². The minimum atomic E-state index is -1.71. The van der Waals surface area contributed by atoms with E-state index in [-0.39, 0.29) is 6.61 Å². The van der Waals surface area contributed by atoms with Crippen molar-refractivity contribution in [1.82, 2.24) is 0 Å². The largest absolute Gasteiger partial charge is 0.358 e. The molecule has 1 saturated heterocycles. The van der Waals surface area contributed by atoms with Gasteiger partial charge in [0.25, 0.3) is 0 Å². The van der Waals surface area contributed by atoms with E-state index in [1.54, 1.807) is 0 Å². The third kappa shape index (κ3) is 1.67. The smallest absolute Gasteiger partial charge is 0.247 e. The van der Waals surface area contributed by atoms with Crippen LogP contribution in [0.15, 0.2) is 0 Å². The normalized spacial score (nSPS) is 36.1. The molecule has 2 fully saturated rings. The molecule has 80 valence electrons. The van der Waals surface area contributed by atoms with Crippen molar-refractivity contribution in [2.45, 2.75) is 43.7 Å². The van der Waals surface area contributed by atoms with Gasteiger partial charge in [-0.05, 0) is 12.8 Å². The highest BCUT2D eigenvalue weighted by atomic mass is 35.5. The standard InChI is InChI=1S/C9H14ClNO3/c10-7(11)9(12)6-13-8(14-9)4-2-1-3-5-8/h11-12H,1-6H2. The molecule has 5 heteroatoms. The van der Waals surface area contributed by atoms with Crippen LogP contribution < -0.4 is 0 Å². The quantitative estimate of drug-likeness (QED) is 0.659. The van der Waals surface area contributed by atoms with Crippen molar-refractivity contribution in [2.24, 2.45) is 0 Å². The summed E-state index contributed by atoms with van der Waals surface area (Å²) in [5, 5.41) is 16.6. The Kier molecular flexibility index (Phi) is 2.55. The molecule has 2 rings (SSSR count). The lowest BCUT2D eigenvalue weighted by atomic mass is 9.94. The van der Waals surface area contributed by atoms with Crippen LogP contribution in [0.3, 0.4) is 0 Å². The van der Waals surface area contributed by atoms with E-state index in [9.17, 15) is 5.11 Å². The van der Waals surface area contributed by atoms with Crippen LogP contribution in [0.1, 0.15) is 32.1 Å². The fourth-order valence-electron chi connectivity index (χ4n) is 2.04. The number of rotatable bonds is 1. The number of nitrogens with one attached hydrogen (secondary N) is 1. The van der Waals surface area contributed by atoms with Crippen molar-refractivity contribution in [3.8, 4) is 0 Å². The fraction of sp³-hybridized carbons (Fsp3) is 0.889. The van der Waals surface area contributed by atoms with Crippen molar-refractivity contribution in [3.63, 3.8) is 0 Å². The van der Waals surface area contributed by atoms with Crippen LogP contribution in [0, 0.1) is 5.41 Å². The van der Waals surface area contributed by atoms with Gasteiger partial charge in [0.1, 0.15) is 6.61 Å². The minimum Gasteiger partial charge on any atom is -0.358 e. The van der Waals surface area contributed by atoms with Crippen LogP contribution in [0.25, 0.3) is 0 Å². The van der Waals surface area contributed by atoms with Gasteiger partial charge in [0.05, 0.1) is 0 Å². The van der Waals surface area contributed by atoms with Crippen LogP contribution in [0.4, 0.5) is 0 Å². The van der Waals surface area contributed by atoms with E-state index < -0.39 is 16.7 Å². The molecule has 1 aliphatic carbocycles. The van der Waals surface area contributed by atoms with Gasteiger partial charge in [0.15, 0.2) is 11.0 Å². The van der Waals surface area contributed by atoms with Gasteiger partial charge < -0.3 is 14.6 Å². The summed E-state index contributed by atoms with van der Waals surface area (Å²) in [6.45, 7) is -0.0324. The first-order valence-corrected chi connectivity index (χ1v) is 5.25. The van der Waals surface area contributed by atoms with E-state index >= 15 is 0 Å². The average Bonchev–Trinajstić information content (AvgIpc) is 2.47. The highest BCUT2D eigenvalue weighted by molar-refractivity contribution is 6.66. The Morgan fingerprint density at radius 3 is 2.43 bits per heavy atom. The molecule has 14 heavy (non-hydrogen) atoms. The van der Waals surface area contributed by atoms with Gasteiger partial charge in [0.2, 0.25) is 5.79 Å². The first kappa shape index (κ1) is 10.4. The van der Waals surface area contributed by atoms with Gasteiger partial charge in [-0.1, -0.05) is 18.0 Å². The molecule has 1 atom stereocenters. The average molecular weight is 220 g/mol. The van der Waals surface area contributed by atoms with E-state index in [4.69, 9.17) is 26.5 Å². The Bertz CT molecular complexity index is 252. The van der Waals surface area contributed by atoms with Crippen molar-refractivity contribution in [3.05, 3.63) is 0 Å². The Morgan fingerprint density at radius 2 is 1.93 bits per heavy atom. The van der Waals surface area contributed by atoms with E-state index in [1.807, 2.05) is 0 Å². The molecule has 1 unspecified atom stereocenters. The summed E-state index contributed by atoms with van der Waals surface area (Å²) in [5.74, 6) is -2.40. The molecule has 2 N–H and O–H groups in total. The highest BCUT2D eigenvalue weighted by Crippen LogP contribution is 2.41. The van der Waals surface area contributed by atoms with Gasteiger partial charge in [-0.25, -0.2) is 0 Å². The monoisotopic (exact) mass is 219 g/mol. The van der Waals surface area contributed by atoms with Gasteiger partial charge in [-0.3, -0.25) is 5.41 Å². The molecule has 1 heterocycles. The molecule has 0 aromatic carbocycles. The van der Waals surface area contributed by atoms with Gasteiger partial charge >= 0.3 is 0 Å². The first-order chi connectivity index (χ1) is 6.56. The van der Waals surface area contributed by atoms with Crippen molar-refractivity contribution >= 4 is 16.8 Å². The molecular weight excluding hydrogens is 206 g/mol. The zero-order valence-corrected chi connectivity index (χ0v) is 8.64. The molecule has 2 aliphatic rings. The third-order valence-electron chi connectivity index (χ3n) is 2.84. The number of ether oxygens (including phenoxy) is 2. The van der Waals surface area contributed by atoms with Crippen LogP contribution in [-0.2, 0) is 9.47 Å². The van der Waals surface area contributed by atoms with E-state index in [0.717, 1.165) is 25.7 Å². The fourth-order valence-corrected chi connectivity index (χ4v) is 2.13.